The number of aromatic nitrogens is 2. The maximum Gasteiger partial charge on any atom is 0.268 e. The van der Waals surface area contributed by atoms with Crippen LogP contribution in [0.2, 0.25) is 0 Å². The minimum atomic E-state index is -4.00. The number of amides is 4. The third kappa shape index (κ3) is 7.84. The second-order valence-corrected chi connectivity index (χ2v) is 14.6. The molecule has 4 heterocycles. The zero-order valence-corrected chi connectivity index (χ0v) is 27.9. The van der Waals surface area contributed by atoms with Crippen LogP contribution in [0.1, 0.15) is 78.5 Å². The van der Waals surface area contributed by atoms with Gasteiger partial charge in [-0.05, 0) is 82.2 Å². The van der Waals surface area contributed by atoms with Crippen molar-refractivity contribution >= 4 is 53.7 Å². The first kappa shape index (κ1) is 35.0. The van der Waals surface area contributed by atoms with E-state index in [1.807, 2.05) is 13.8 Å². The van der Waals surface area contributed by atoms with E-state index in [1.54, 1.807) is 35.4 Å². The second-order valence-electron chi connectivity index (χ2n) is 12.7. The minimum Gasteiger partial charge on any atom is -0.370 e. The van der Waals surface area contributed by atoms with Crippen molar-refractivity contribution in [3.63, 3.8) is 0 Å². The fraction of sp³-hybridized carbons (Fsp3) is 0.424. The first-order valence-electron chi connectivity index (χ1n) is 16.0. The van der Waals surface area contributed by atoms with Crippen molar-refractivity contribution in [1.82, 2.24) is 30.4 Å². The number of carbonyl (C=O) groups excluding carboxylic acids is 5. The predicted molar refractivity (Wildman–Crippen MR) is 181 cm³/mol. The van der Waals surface area contributed by atoms with Gasteiger partial charge in [-0.3, -0.25) is 33.9 Å². The largest absolute Gasteiger partial charge is 0.370 e. The highest BCUT2D eigenvalue weighted by atomic mass is 31.2. The van der Waals surface area contributed by atoms with Crippen LogP contribution in [-0.2, 0) is 14.4 Å². The van der Waals surface area contributed by atoms with Crippen LogP contribution in [0.5, 0.6) is 0 Å². The van der Waals surface area contributed by atoms with Crippen LogP contribution in [0.3, 0.4) is 0 Å². The summed E-state index contributed by atoms with van der Waals surface area (Å²) in [7, 11) is -4.00. The Morgan fingerprint density at radius 2 is 1.90 bits per heavy atom. The molecule has 3 aromatic rings. The summed E-state index contributed by atoms with van der Waals surface area (Å²) in [6.07, 6.45) is 6.79. The topological polar surface area (TPSA) is 211 Å². The molecule has 0 unspecified atom stereocenters. The summed E-state index contributed by atoms with van der Waals surface area (Å²) >= 11 is 0. The van der Waals surface area contributed by atoms with Crippen molar-refractivity contribution in [2.24, 2.45) is 5.73 Å². The fourth-order valence-corrected chi connectivity index (χ4v) is 7.05. The van der Waals surface area contributed by atoms with E-state index >= 15 is 0 Å². The Bertz CT molecular complexity index is 1760. The smallest absolute Gasteiger partial charge is 0.268 e. The van der Waals surface area contributed by atoms with E-state index in [-0.39, 0.29) is 54.5 Å². The van der Waals surface area contributed by atoms with Crippen molar-refractivity contribution in [1.29, 1.82) is 0 Å². The molecule has 2 aliphatic heterocycles. The third-order valence-electron chi connectivity index (χ3n) is 9.04. The molecule has 0 spiro atoms. The van der Waals surface area contributed by atoms with Gasteiger partial charge in [-0.25, -0.2) is 0 Å². The van der Waals surface area contributed by atoms with Crippen molar-refractivity contribution in [3.8, 4) is 0 Å². The molecule has 48 heavy (non-hydrogen) atoms. The van der Waals surface area contributed by atoms with Crippen LogP contribution in [-0.4, -0.2) is 102 Å². The molecule has 0 bridgehead atoms. The Kier molecular flexibility index (Phi) is 10.5. The molecule has 2 fully saturated rings. The summed E-state index contributed by atoms with van der Waals surface area (Å²) in [5.74, 6) is -1.78. The number of primary amides is 1. The number of H-pyrrole nitrogens is 1. The Labute approximate surface area is 278 Å². The molecule has 0 radical (unpaired) electrons. The van der Waals surface area contributed by atoms with Crippen molar-refractivity contribution in [3.05, 3.63) is 65.6 Å². The number of aromatic amines is 1. The lowest BCUT2D eigenvalue weighted by atomic mass is 10.0. The fourth-order valence-electron chi connectivity index (χ4n) is 6.49. The van der Waals surface area contributed by atoms with Gasteiger partial charge in [0.15, 0.2) is 7.34 Å². The van der Waals surface area contributed by atoms with Gasteiger partial charge in [-0.2, -0.15) is 0 Å². The first-order valence-corrected chi connectivity index (χ1v) is 17.8. The summed E-state index contributed by atoms with van der Waals surface area (Å²) in [6, 6.07) is 8.78. The van der Waals surface area contributed by atoms with E-state index in [1.165, 1.54) is 18.2 Å². The highest BCUT2D eigenvalue weighted by Gasteiger charge is 2.45. The number of hydrogen-bond acceptors (Lipinski definition) is 9. The van der Waals surface area contributed by atoms with Gasteiger partial charge >= 0.3 is 0 Å². The van der Waals surface area contributed by atoms with E-state index in [2.05, 4.69) is 31.8 Å². The van der Waals surface area contributed by atoms with E-state index in [4.69, 9.17) is 5.73 Å². The summed E-state index contributed by atoms with van der Waals surface area (Å²) in [5, 5.41) is 6.37. The highest BCUT2D eigenvalue weighted by Crippen LogP contribution is 2.39. The third-order valence-corrected chi connectivity index (χ3v) is 9.95. The van der Waals surface area contributed by atoms with Gasteiger partial charge in [0.1, 0.15) is 17.8 Å². The first-order chi connectivity index (χ1) is 22.7. The van der Waals surface area contributed by atoms with Gasteiger partial charge in [-0.1, -0.05) is 6.07 Å². The van der Waals surface area contributed by atoms with Gasteiger partial charge in [0, 0.05) is 54.3 Å². The van der Waals surface area contributed by atoms with Crippen LogP contribution >= 0.6 is 7.34 Å². The monoisotopic (exact) mass is 679 g/mol. The number of carbonyl (C=O) groups is 5. The summed E-state index contributed by atoms with van der Waals surface area (Å²) in [4.78, 5) is 96.2. The Balaban J connectivity index is 1.38. The van der Waals surface area contributed by atoms with Gasteiger partial charge in [-0.15, -0.1) is 0 Å². The normalized spacial score (nSPS) is 21.0. The zero-order valence-electron chi connectivity index (χ0n) is 27.0. The number of fused-ring (bicyclic) bond motifs is 2. The summed E-state index contributed by atoms with van der Waals surface area (Å²) in [5.41, 5.74) is 5.81. The molecule has 2 aromatic heterocycles. The molecule has 7 N–H and O–H groups in total. The number of pyridine rings is 1. The summed E-state index contributed by atoms with van der Waals surface area (Å²) < 4.78 is 0. The predicted octanol–water partition coefficient (Wildman–Crippen LogP) is 1.66. The second kappa shape index (κ2) is 14.4. The van der Waals surface area contributed by atoms with Crippen molar-refractivity contribution in [2.45, 2.75) is 76.2 Å². The van der Waals surface area contributed by atoms with E-state index in [9.17, 15) is 33.8 Å². The Morgan fingerprint density at radius 1 is 1.12 bits per heavy atom. The molecule has 1 aromatic carbocycles. The molecule has 15 heteroatoms. The number of benzene rings is 1. The standard InChI is InChI=1S/C33H42N7O7P/c1-19(2)39-15-13-22-8-11-28(31(43)37-25(10-12-29(34)41)24-6-4-5-14-35-24)40(22)32(44)27(18-39)38-30(42)26-17-21-16-20(7-9-23(21)36-26)33(45)48(3,46)47/h4-7,9,14,16-17,19,22,25,27-28,36,46-47H,3,8,10-13,15,18H2,1-2H3,(H2,34,41)(H,37,43)(H,38,42)/t22-,25+,27+,28+/m1/s1. The zero-order chi connectivity index (χ0) is 34.7. The number of nitrogens with two attached hydrogens (primary N) is 1. The van der Waals surface area contributed by atoms with Crippen LogP contribution in [0.4, 0.5) is 0 Å². The lowest BCUT2D eigenvalue weighted by molar-refractivity contribution is -0.143. The van der Waals surface area contributed by atoms with Crippen LogP contribution < -0.4 is 16.4 Å². The molecule has 14 nitrogen and oxygen atoms in total. The number of rotatable bonds is 11. The number of nitrogens with one attached hydrogen (secondary N) is 3. The van der Waals surface area contributed by atoms with Crippen LogP contribution in [0.15, 0.2) is 48.7 Å². The van der Waals surface area contributed by atoms with Crippen molar-refractivity contribution < 1.29 is 33.8 Å². The van der Waals surface area contributed by atoms with E-state index in [0.717, 1.165) is 0 Å². The summed E-state index contributed by atoms with van der Waals surface area (Å²) in [6.45, 7) is 4.94. The van der Waals surface area contributed by atoms with Gasteiger partial charge < -0.3 is 36.0 Å². The maximum atomic E-state index is 14.3. The minimum absolute atomic E-state index is 0.0445. The molecule has 2 aliphatic rings. The van der Waals surface area contributed by atoms with Gasteiger partial charge in [0.2, 0.25) is 23.2 Å². The average Bonchev–Trinajstić information content (AvgIpc) is 3.66. The quantitative estimate of drug-likeness (QED) is 0.163. The highest BCUT2D eigenvalue weighted by molar-refractivity contribution is 7.79. The number of hydrogen-bond donors (Lipinski definition) is 6. The molecule has 0 aliphatic carbocycles. The molecule has 4 atom stereocenters. The molecule has 2 saturated heterocycles. The van der Waals surface area contributed by atoms with E-state index in [0.29, 0.717) is 42.4 Å². The molecule has 256 valence electrons. The van der Waals surface area contributed by atoms with Crippen LogP contribution in [0, 0.1) is 0 Å². The van der Waals surface area contributed by atoms with E-state index < -0.39 is 42.8 Å². The lowest BCUT2D eigenvalue weighted by Crippen LogP contribution is -2.61. The molecular formula is C33H42N7O7P. The SMILES string of the molecule is C=P(O)(O)C(=O)c1ccc2[nH]c(C(=O)N[C@H]3CN(C(C)C)CC[C@H]4CC[C@@H](C(=O)N[C@@H](CCC(N)=O)c5ccccn5)N4C3=O)cc2c1. The average molecular weight is 680 g/mol. The Hall–Kier alpha value is -4.36. The molecular weight excluding hydrogens is 637 g/mol. The molecule has 5 rings (SSSR count). The van der Waals surface area contributed by atoms with Gasteiger partial charge in [0.25, 0.3) is 5.91 Å². The lowest BCUT2D eigenvalue weighted by Gasteiger charge is -2.40. The van der Waals surface area contributed by atoms with Crippen molar-refractivity contribution in [2.75, 3.05) is 13.1 Å². The van der Waals surface area contributed by atoms with Gasteiger partial charge in [0.05, 0.1) is 11.7 Å². The van der Waals surface area contributed by atoms with Crippen LogP contribution in [0.25, 0.3) is 10.9 Å². The maximum absolute atomic E-state index is 14.3. The number of nitrogens with zero attached hydrogens (tertiary/aromatic N) is 3. The molecule has 4 amide bonds. The molecule has 0 saturated carbocycles. The Morgan fingerprint density at radius 3 is 2.56 bits per heavy atom.